The van der Waals surface area contributed by atoms with Crippen molar-refractivity contribution in [3.8, 4) is 22.5 Å². The van der Waals surface area contributed by atoms with Gasteiger partial charge in [0.15, 0.2) is 11.8 Å². The van der Waals surface area contributed by atoms with Crippen LogP contribution >= 0.6 is 0 Å². The first-order valence-electron chi connectivity index (χ1n) is 10.1. The van der Waals surface area contributed by atoms with Gasteiger partial charge in [0.2, 0.25) is 11.4 Å². The molecule has 0 atom stereocenters. The Kier molecular flexibility index (Phi) is 4.36. The fourth-order valence-corrected chi connectivity index (χ4v) is 4.07. The van der Waals surface area contributed by atoms with Gasteiger partial charge >= 0.3 is 0 Å². The molecule has 5 rings (SSSR count). The van der Waals surface area contributed by atoms with E-state index in [2.05, 4.69) is 79.3 Å². The topological polar surface area (TPSA) is 29.9 Å². The van der Waals surface area contributed by atoms with Gasteiger partial charge in [-0.2, -0.15) is 0 Å². The molecular formula is C26H23N2O+. The molecule has 0 radical (unpaired) electrons. The highest BCUT2D eigenvalue weighted by Gasteiger charge is 2.21. The van der Waals surface area contributed by atoms with Crippen molar-refractivity contribution in [1.29, 1.82) is 0 Å². The van der Waals surface area contributed by atoms with Crippen LogP contribution in [0.2, 0.25) is 0 Å². The monoisotopic (exact) mass is 379 g/mol. The van der Waals surface area contributed by atoms with E-state index in [4.69, 9.17) is 9.40 Å². The predicted molar refractivity (Wildman–Crippen MR) is 118 cm³/mol. The molecule has 29 heavy (non-hydrogen) atoms. The molecule has 3 heterocycles. The number of nitrogens with zero attached hydrogens (tertiary/aromatic N) is 2. The van der Waals surface area contributed by atoms with Gasteiger partial charge in [0.25, 0.3) is 0 Å². The Morgan fingerprint density at radius 2 is 1.66 bits per heavy atom. The zero-order valence-corrected chi connectivity index (χ0v) is 16.7. The molecule has 2 aromatic carbocycles. The maximum absolute atomic E-state index is 6.42. The molecule has 3 heteroatoms. The van der Waals surface area contributed by atoms with Gasteiger partial charge < -0.3 is 4.42 Å². The maximum Gasteiger partial charge on any atom is 0.227 e. The second-order valence-corrected chi connectivity index (χ2v) is 7.44. The van der Waals surface area contributed by atoms with Gasteiger partial charge in [-0.05, 0) is 30.2 Å². The molecule has 5 aromatic rings. The van der Waals surface area contributed by atoms with Gasteiger partial charge in [0.05, 0.1) is 11.3 Å². The van der Waals surface area contributed by atoms with Crippen LogP contribution in [0.3, 0.4) is 0 Å². The summed E-state index contributed by atoms with van der Waals surface area (Å²) in [5.41, 5.74) is 7.27. The second kappa shape index (κ2) is 7.17. The molecule has 142 valence electrons. The summed E-state index contributed by atoms with van der Waals surface area (Å²) in [6.07, 6.45) is 4.18. The largest absolute Gasteiger partial charge is 0.437 e. The van der Waals surface area contributed by atoms with E-state index in [1.54, 1.807) is 0 Å². The van der Waals surface area contributed by atoms with Crippen molar-refractivity contribution in [3.63, 3.8) is 0 Å². The van der Waals surface area contributed by atoms with Gasteiger partial charge in [-0.3, -0.25) is 0 Å². The molecular weight excluding hydrogens is 356 g/mol. The molecule has 3 nitrogen and oxygen atoms in total. The average molecular weight is 379 g/mol. The molecule has 0 aliphatic rings. The van der Waals surface area contributed by atoms with E-state index < -0.39 is 0 Å². The average Bonchev–Trinajstić information content (AvgIpc) is 3.13. The zero-order valence-electron chi connectivity index (χ0n) is 16.7. The maximum atomic E-state index is 6.42. The van der Waals surface area contributed by atoms with Crippen molar-refractivity contribution in [3.05, 3.63) is 84.6 Å². The Labute approximate surface area is 170 Å². The van der Waals surface area contributed by atoms with Crippen LogP contribution in [-0.2, 0) is 13.5 Å². The molecule has 0 amide bonds. The van der Waals surface area contributed by atoms with E-state index in [0.29, 0.717) is 5.71 Å². The lowest BCUT2D eigenvalue weighted by atomic mass is 9.97. The van der Waals surface area contributed by atoms with E-state index in [0.717, 1.165) is 46.1 Å². The normalized spacial score (nSPS) is 11.4. The Bertz CT molecular complexity index is 1320. The minimum absolute atomic E-state index is 0.690. The molecule has 0 saturated heterocycles. The van der Waals surface area contributed by atoms with Crippen molar-refractivity contribution in [2.24, 2.45) is 7.05 Å². The first-order chi connectivity index (χ1) is 14.3. The smallest absolute Gasteiger partial charge is 0.227 e. The number of rotatable bonds is 4. The van der Waals surface area contributed by atoms with E-state index in [-0.39, 0.29) is 0 Å². The van der Waals surface area contributed by atoms with E-state index in [1.165, 1.54) is 11.1 Å². The van der Waals surface area contributed by atoms with Crippen molar-refractivity contribution >= 4 is 22.1 Å². The van der Waals surface area contributed by atoms with Gasteiger partial charge in [-0.1, -0.05) is 55.8 Å². The molecule has 0 spiro atoms. The summed E-state index contributed by atoms with van der Waals surface area (Å²) in [5.74, 6) is 0. The van der Waals surface area contributed by atoms with Crippen LogP contribution in [0, 0.1) is 0 Å². The van der Waals surface area contributed by atoms with E-state index >= 15 is 0 Å². The van der Waals surface area contributed by atoms with Crippen LogP contribution in [0.25, 0.3) is 44.6 Å². The minimum Gasteiger partial charge on any atom is -0.437 e. The third kappa shape index (κ3) is 2.99. The third-order valence-electron chi connectivity index (χ3n) is 5.49. The van der Waals surface area contributed by atoms with Crippen molar-refractivity contribution < 1.29 is 8.98 Å². The van der Waals surface area contributed by atoms with Crippen molar-refractivity contribution in [2.75, 3.05) is 0 Å². The number of fused-ring (bicyclic) bond motifs is 3. The lowest BCUT2D eigenvalue weighted by Crippen LogP contribution is -2.30. The molecule has 0 N–H and O–H groups in total. The molecule has 0 fully saturated rings. The molecule has 3 aromatic heterocycles. The lowest BCUT2D eigenvalue weighted by molar-refractivity contribution is -0.660. The summed E-state index contributed by atoms with van der Waals surface area (Å²) in [6.45, 7) is 2.21. The van der Waals surface area contributed by atoms with Crippen molar-refractivity contribution in [2.45, 2.75) is 19.8 Å². The summed E-state index contributed by atoms with van der Waals surface area (Å²) in [6, 6.07) is 25.2. The summed E-state index contributed by atoms with van der Waals surface area (Å²) >= 11 is 0. The number of aromatic nitrogens is 2. The fourth-order valence-electron chi connectivity index (χ4n) is 4.07. The Balaban J connectivity index is 1.80. The first-order valence-corrected chi connectivity index (χ1v) is 10.1. The SMILES string of the molecule is CCCc1ccc2c(oc3nc(-c4ccccc4)ccc32)c1-c1cccc[n+]1C. The number of aryl methyl sites for hydroxylation is 2. The second-order valence-electron chi connectivity index (χ2n) is 7.44. The lowest BCUT2D eigenvalue weighted by Gasteiger charge is -2.08. The zero-order chi connectivity index (χ0) is 19.8. The predicted octanol–water partition coefficient (Wildman–Crippen LogP) is 6.09. The highest BCUT2D eigenvalue weighted by molar-refractivity contribution is 6.09. The molecule has 0 bridgehead atoms. The fraction of sp³-hybridized carbons (Fsp3) is 0.154. The molecule has 0 saturated carbocycles. The number of hydrogen-bond donors (Lipinski definition) is 0. The summed E-state index contributed by atoms with van der Waals surface area (Å²) < 4.78 is 8.57. The van der Waals surface area contributed by atoms with Crippen LogP contribution in [0.5, 0.6) is 0 Å². The van der Waals surface area contributed by atoms with Crippen LogP contribution in [-0.4, -0.2) is 4.98 Å². The first kappa shape index (κ1) is 17.6. The van der Waals surface area contributed by atoms with Crippen LogP contribution < -0.4 is 4.57 Å². The quantitative estimate of drug-likeness (QED) is 0.354. The summed E-state index contributed by atoms with van der Waals surface area (Å²) in [4.78, 5) is 4.84. The van der Waals surface area contributed by atoms with Gasteiger partial charge in [0, 0.05) is 28.5 Å². The highest BCUT2D eigenvalue weighted by Crippen LogP contribution is 2.37. The Morgan fingerprint density at radius 3 is 2.45 bits per heavy atom. The summed E-state index contributed by atoms with van der Waals surface area (Å²) in [5, 5.41) is 2.17. The number of pyridine rings is 2. The minimum atomic E-state index is 0.690. The van der Waals surface area contributed by atoms with Crippen LogP contribution in [0.1, 0.15) is 18.9 Å². The Hall–Kier alpha value is -3.46. The highest BCUT2D eigenvalue weighted by atomic mass is 16.3. The van der Waals surface area contributed by atoms with Gasteiger partial charge in [-0.15, -0.1) is 0 Å². The molecule has 0 aliphatic carbocycles. The van der Waals surface area contributed by atoms with E-state index in [9.17, 15) is 0 Å². The molecule has 0 unspecified atom stereocenters. The van der Waals surface area contributed by atoms with E-state index in [1.807, 2.05) is 18.2 Å². The number of hydrogen-bond acceptors (Lipinski definition) is 2. The third-order valence-corrected chi connectivity index (χ3v) is 5.49. The van der Waals surface area contributed by atoms with Crippen molar-refractivity contribution in [1.82, 2.24) is 4.98 Å². The number of furan rings is 1. The standard InChI is InChI=1S/C26H23N2O/c1-3-9-19-13-14-20-21-15-16-22(18-10-5-4-6-11-18)27-26(21)29-25(20)24(19)23-12-7-8-17-28(23)2/h4-8,10-17H,3,9H2,1-2H3/q+1. The Morgan fingerprint density at radius 1 is 0.862 bits per heavy atom. The van der Waals surface area contributed by atoms with Crippen LogP contribution in [0.4, 0.5) is 0 Å². The number of benzene rings is 2. The molecule has 0 aliphatic heterocycles. The van der Waals surface area contributed by atoms with Crippen LogP contribution in [0.15, 0.2) is 83.4 Å². The van der Waals surface area contributed by atoms with Gasteiger partial charge in [0.1, 0.15) is 7.05 Å². The van der Waals surface area contributed by atoms with Gasteiger partial charge in [-0.25, -0.2) is 9.55 Å². The summed E-state index contributed by atoms with van der Waals surface area (Å²) in [7, 11) is 2.08.